The lowest BCUT2D eigenvalue weighted by molar-refractivity contribution is 0.418. The monoisotopic (exact) mass is 245 g/mol. The summed E-state index contributed by atoms with van der Waals surface area (Å²) in [6, 6.07) is 8.13. The van der Waals surface area contributed by atoms with Gasteiger partial charge in [-0.15, -0.1) is 0 Å². The normalized spacial score (nSPS) is 10.9. The Balaban J connectivity index is 2.28. The lowest BCUT2D eigenvalue weighted by atomic mass is 10.1. The Bertz CT molecular complexity index is 525. The van der Waals surface area contributed by atoms with Gasteiger partial charge in [0.2, 0.25) is 0 Å². The van der Waals surface area contributed by atoms with Crippen molar-refractivity contribution in [1.29, 1.82) is 0 Å². The highest BCUT2D eigenvalue weighted by Gasteiger charge is 2.06. The molecule has 1 heterocycles. The van der Waals surface area contributed by atoms with Crippen molar-refractivity contribution in [1.82, 2.24) is 9.88 Å². The zero-order valence-electron chi connectivity index (χ0n) is 11.1. The molecule has 2 aromatic rings. The van der Waals surface area contributed by atoms with Crippen LogP contribution in [0.3, 0.4) is 0 Å². The Labute approximate surface area is 108 Å². The van der Waals surface area contributed by atoms with E-state index in [1.165, 1.54) is 0 Å². The van der Waals surface area contributed by atoms with Crippen LogP contribution >= 0.6 is 0 Å². The van der Waals surface area contributed by atoms with E-state index in [1.54, 1.807) is 13.3 Å². The molecule has 0 aliphatic carbocycles. The number of hydrogen-bond acceptors (Lipinski definition) is 4. The number of hydrogen-bond donors (Lipinski definition) is 1. The van der Waals surface area contributed by atoms with Gasteiger partial charge in [0.05, 0.1) is 13.3 Å². The van der Waals surface area contributed by atoms with Crippen molar-refractivity contribution in [2.75, 3.05) is 39.6 Å². The molecule has 0 aliphatic heterocycles. The SMILES string of the molecule is COc1cnc(NCCN(C)C)c2ccccc12. The van der Waals surface area contributed by atoms with E-state index >= 15 is 0 Å². The second-order valence-electron chi connectivity index (χ2n) is 4.45. The predicted octanol–water partition coefficient (Wildman–Crippen LogP) is 2.22. The van der Waals surface area contributed by atoms with Crippen LogP contribution in [0.1, 0.15) is 0 Å². The molecule has 0 fully saturated rings. The van der Waals surface area contributed by atoms with Gasteiger partial charge in [-0.2, -0.15) is 0 Å². The van der Waals surface area contributed by atoms with Crippen LogP contribution in [0.5, 0.6) is 5.75 Å². The first-order valence-electron chi connectivity index (χ1n) is 6.02. The van der Waals surface area contributed by atoms with E-state index in [9.17, 15) is 0 Å². The van der Waals surface area contributed by atoms with Crippen LogP contribution in [-0.2, 0) is 0 Å². The van der Waals surface area contributed by atoms with E-state index in [-0.39, 0.29) is 0 Å². The first kappa shape index (κ1) is 12.6. The van der Waals surface area contributed by atoms with Crippen molar-refractivity contribution in [3.63, 3.8) is 0 Å². The summed E-state index contributed by atoms with van der Waals surface area (Å²) < 4.78 is 5.33. The van der Waals surface area contributed by atoms with Gasteiger partial charge in [-0.1, -0.05) is 24.3 Å². The number of pyridine rings is 1. The predicted molar refractivity (Wildman–Crippen MR) is 75.3 cm³/mol. The average molecular weight is 245 g/mol. The smallest absolute Gasteiger partial charge is 0.145 e. The Morgan fingerprint density at radius 2 is 1.94 bits per heavy atom. The maximum atomic E-state index is 5.33. The third-order valence-corrected chi connectivity index (χ3v) is 2.83. The number of anilines is 1. The number of ether oxygens (including phenoxy) is 1. The second kappa shape index (κ2) is 5.69. The number of fused-ring (bicyclic) bond motifs is 1. The summed E-state index contributed by atoms with van der Waals surface area (Å²) in [6.45, 7) is 1.85. The number of methoxy groups -OCH3 is 1. The molecule has 96 valence electrons. The van der Waals surface area contributed by atoms with Crippen LogP contribution in [0.25, 0.3) is 10.8 Å². The summed E-state index contributed by atoms with van der Waals surface area (Å²) >= 11 is 0. The molecule has 0 saturated heterocycles. The summed E-state index contributed by atoms with van der Waals surface area (Å²) in [5.74, 6) is 1.72. The van der Waals surface area contributed by atoms with E-state index in [1.807, 2.05) is 18.2 Å². The molecule has 2 rings (SSSR count). The van der Waals surface area contributed by atoms with Crippen molar-refractivity contribution in [3.8, 4) is 5.75 Å². The molecular formula is C14H19N3O. The second-order valence-corrected chi connectivity index (χ2v) is 4.45. The van der Waals surface area contributed by atoms with Gasteiger partial charge in [-0.05, 0) is 14.1 Å². The maximum absolute atomic E-state index is 5.33. The summed E-state index contributed by atoms with van der Waals surface area (Å²) in [4.78, 5) is 6.56. The van der Waals surface area contributed by atoms with Crippen molar-refractivity contribution in [3.05, 3.63) is 30.5 Å². The van der Waals surface area contributed by atoms with Crippen LogP contribution in [0.15, 0.2) is 30.5 Å². The fourth-order valence-corrected chi connectivity index (χ4v) is 1.87. The van der Waals surface area contributed by atoms with E-state index in [0.29, 0.717) is 0 Å². The summed E-state index contributed by atoms with van der Waals surface area (Å²) in [5.41, 5.74) is 0. The Kier molecular flexibility index (Phi) is 3.99. The summed E-state index contributed by atoms with van der Waals surface area (Å²) in [6.07, 6.45) is 1.76. The molecule has 18 heavy (non-hydrogen) atoms. The molecule has 0 amide bonds. The first-order chi connectivity index (χ1) is 8.72. The van der Waals surface area contributed by atoms with Crippen LogP contribution < -0.4 is 10.1 Å². The molecule has 0 aliphatic rings. The Morgan fingerprint density at radius 1 is 1.22 bits per heavy atom. The van der Waals surface area contributed by atoms with Gasteiger partial charge in [0, 0.05) is 23.9 Å². The average Bonchev–Trinajstić information content (AvgIpc) is 2.38. The van der Waals surface area contributed by atoms with Gasteiger partial charge in [-0.25, -0.2) is 4.98 Å². The molecule has 1 N–H and O–H groups in total. The summed E-state index contributed by atoms with van der Waals surface area (Å²) in [7, 11) is 5.78. The highest BCUT2D eigenvalue weighted by atomic mass is 16.5. The largest absolute Gasteiger partial charge is 0.494 e. The fraction of sp³-hybridized carbons (Fsp3) is 0.357. The van der Waals surface area contributed by atoms with E-state index in [2.05, 4.69) is 35.4 Å². The molecule has 0 bridgehead atoms. The van der Waals surface area contributed by atoms with Crippen molar-refractivity contribution in [2.24, 2.45) is 0 Å². The first-order valence-corrected chi connectivity index (χ1v) is 6.02. The molecule has 1 aromatic carbocycles. The van der Waals surface area contributed by atoms with Crippen LogP contribution in [-0.4, -0.2) is 44.2 Å². The minimum atomic E-state index is 0.809. The van der Waals surface area contributed by atoms with Gasteiger partial charge < -0.3 is 15.0 Å². The van der Waals surface area contributed by atoms with Gasteiger partial charge in [0.15, 0.2) is 0 Å². The Morgan fingerprint density at radius 3 is 2.61 bits per heavy atom. The van der Waals surface area contributed by atoms with Crippen LogP contribution in [0.4, 0.5) is 5.82 Å². The molecule has 0 unspecified atom stereocenters. The highest BCUT2D eigenvalue weighted by molar-refractivity contribution is 5.95. The zero-order chi connectivity index (χ0) is 13.0. The number of aromatic nitrogens is 1. The molecule has 0 radical (unpaired) electrons. The Hall–Kier alpha value is -1.81. The lowest BCUT2D eigenvalue weighted by Crippen LogP contribution is -2.21. The number of nitrogens with one attached hydrogen (secondary N) is 1. The van der Waals surface area contributed by atoms with E-state index in [4.69, 9.17) is 4.74 Å². The molecule has 0 saturated carbocycles. The van der Waals surface area contributed by atoms with Gasteiger partial charge in [0.1, 0.15) is 11.6 Å². The lowest BCUT2D eigenvalue weighted by Gasteiger charge is -2.13. The van der Waals surface area contributed by atoms with Crippen molar-refractivity contribution >= 4 is 16.6 Å². The number of benzene rings is 1. The molecule has 0 atom stereocenters. The van der Waals surface area contributed by atoms with Crippen LogP contribution in [0.2, 0.25) is 0 Å². The van der Waals surface area contributed by atoms with Gasteiger partial charge >= 0.3 is 0 Å². The van der Waals surface area contributed by atoms with Crippen molar-refractivity contribution < 1.29 is 4.74 Å². The number of nitrogens with zero attached hydrogens (tertiary/aromatic N) is 2. The third kappa shape index (κ3) is 2.71. The van der Waals surface area contributed by atoms with E-state index in [0.717, 1.165) is 35.4 Å². The topological polar surface area (TPSA) is 37.4 Å². The summed E-state index contributed by atoms with van der Waals surface area (Å²) in [5, 5.41) is 5.54. The highest BCUT2D eigenvalue weighted by Crippen LogP contribution is 2.28. The standard InChI is InChI=1S/C14H19N3O/c1-17(2)9-8-15-14-12-7-5-4-6-11(12)13(18-3)10-16-14/h4-7,10H,8-9H2,1-3H3,(H,15,16). The fourth-order valence-electron chi connectivity index (χ4n) is 1.87. The molecule has 0 spiro atoms. The van der Waals surface area contributed by atoms with Gasteiger partial charge in [-0.3, -0.25) is 0 Å². The third-order valence-electron chi connectivity index (χ3n) is 2.83. The zero-order valence-corrected chi connectivity index (χ0v) is 11.1. The van der Waals surface area contributed by atoms with Gasteiger partial charge in [0.25, 0.3) is 0 Å². The quantitative estimate of drug-likeness (QED) is 0.876. The number of rotatable bonds is 5. The molecular weight excluding hydrogens is 226 g/mol. The van der Waals surface area contributed by atoms with E-state index < -0.39 is 0 Å². The number of likely N-dealkylation sites (N-methyl/N-ethyl adjacent to an activating group) is 1. The van der Waals surface area contributed by atoms with Crippen LogP contribution in [0, 0.1) is 0 Å². The minimum Gasteiger partial charge on any atom is -0.494 e. The molecule has 1 aromatic heterocycles. The minimum absolute atomic E-state index is 0.809. The van der Waals surface area contributed by atoms with Crippen molar-refractivity contribution in [2.45, 2.75) is 0 Å². The maximum Gasteiger partial charge on any atom is 0.145 e. The molecule has 4 heteroatoms. The molecule has 4 nitrogen and oxygen atoms in total.